The quantitative estimate of drug-likeness (QED) is 0.541. The van der Waals surface area contributed by atoms with Crippen molar-refractivity contribution >= 4 is 17.3 Å². The van der Waals surface area contributed by atoms with E-state index in [1.54, 1.807) is 0 Å². The molecule has 0 aromatic rings. The fraction of sp³-hybridized carbons (Fsp3) is 0.909. The summed E-state index contributed by atoms with van der Waals surface area (Å²) in [6.45, 7) is 6.72. The summed E-state index contributed by atoms with van der Waals surface area (Å²) in [6, 6.07) is 0.536. The molecule has 0 bridgehead atoms. The third-order valence-electron chi connectivity index (χ3n) is 3.06. The number of hydrazine groups is 1. The van der Waals surface area contributed by atoms with Gasteiger partial charge in [0.25, 0.3) is 0 Å². The Morgan fingerprint density at radius 1 is 1.20 bits per heavy atom. The van der Waals surface area contributed by atoms with Gasteiger partial charge in [0.1, 0.15) is 0 Å². The fourth-order valence-corrected chi connectivity index (χ4v) is 2.34. The summed E-state index contributed by atoms with van der Waals surface area (Å²) in [4.78, 5) is 2.17. The highest BCUT2D eigenvalue weighted by atomic mass is 32.1. The number of thiocarbonyl (C=S) groups is 1. The Morgan fingerprint density at radius 2 is 1.73 bits per heavy atom. The number of rotatable bonds is 6. The SMILES string of the molecule is CCC(CC)[C@@H](CC)N(C)C(=S)NNC. The molecule has 4 heteroatoms. The second kappa shape index (κ2) is 7.88. The molecule has 0 aliphatic carbocycles. The van der Waals surface area contributed by atoms with Crippen LogP contribution in [-0.2, 0) is 0 Å². The van der Waals surface area contributed by atoms with E-state index in [1.165, 1.54) is 12.8 Å². The number of nitrogens with one attached hydrogen (secondary N) is 2. The molecule has 0 fully saturated rings. The number of nitrogens with zero attached hydrogens (tertiary/aromatic N) is 1. The molecular formula is C11H25N3S. The van der Waals surface area contributed by atoms with Gasteiger partial charge in [-0.25, -0.2) is 5.43 Å². The molecule has 3 nitrogen and oxygen atoms in total. The lowest BCUT2D eigenvalue weighted by atomic mass is 9.91. The molecule has 1 atom stereocenters. The zero-order valence-electron chi connectivity index (χ0n) is 10.6. The molecule has 0 heterocycles. The lowest BCUT2D eigenvalue weighted by Crippen LogP contribution is -2.49. The van der Waals surface area contributed by atoms with Gasteiger partial charge in [0.05, 0.1) is 0 Å². The molecule has 0 radical (unpaired) electrons. The van der Waals surface area contributed by atoms with Crippen LogP contribution in [0.4, 0.5) is 0 Å². The molecule has 0 aromatic heterocycles. The molecule has 2 N–H and O–H groups in total. The van der Waals surface area contributed by atoms with E-state index in [0.717, 1.165) is 17.5 Å². The van der Waals surface area contributed by atoms with Crippen molar-refractivity contribution in [2.45, 2.75) is 46.1 Å². The van der Waals surface area contributed by atoms with Gasteiger partial charge in [-0.15, -0.1) is 0 Å². The molecule has 0 aromatic carbocycles. The zero-order valence-corrected chi connectivity index (χ0v) is 11.4. The summed E-state index contributed by atoms with van der Waals surface area (Å²) in [5, 5.41) is 0.774. The average Bonchev–Trinajstić information content (AvgIpc) is 2.25. The first kappa shape index (κ1) is 14.6. The van der Waals surface area contributed by atoms with Crippen molar-refractivity contribution in [3.63, 3.8) is 0 Å². The molecule has 0 spiro atoms. The topological polar surface area (TPSA) is 27.3 Å². The Hall–Kier alpha value is -0.350. The summed E-state index contributed by atoms with van der Waals surface area (Å²) in [6.07, 6.45) is 3.55. The largest absolute Gasteiger partial charge is 0.348 e. The van der Waals surface area contributed by atoms with Crippen LogP contribution in [0.2, 0.25) is 0 Å². The predicted molar refractivity (Wildman–Crippen MR) is 70.7 cm³/mol. The van der Waals surface area contributed by atoms with Crippen LogP contribution in [0, 0.1) is 5.92 Å². The van der Waals surface area contributed by atoms with E-state index in [0.29, 0.717) is 6.04 Å². The van der Waals surface area contributed by atoms with Gasteiger partial charge in [-0.2, -0.15) is 0 Å². The molecular weight excluding hydrogens is 206 g/mol. The first-order valence-corrected chi connectivity index (χ1v) is 6.22. The van der Waals surface area contributed by atoms with E-state index in [4.69, 9.17) is 12.2 Å². The van der Waals surface area contributed by atoms with Crippen molar-refractivity contribution < 1.29 is 0 Å². The van der Waals surface area contributed by atoms with Crippen molar-refractivity contribution in [2.75, 3.05) is 14.1 Å². The van der Waals surface area contributed by atoms with Crippen molar-refractivity contribution in [1.29, 1.82) is 0 Å². The second-order valence-corrected chi connectivity index (χ2v) is 4.23. The molecule has 0 aliphatic heterocycles. The summed E-state index contributed by atoms with van der Waals surface area (Å²) in [5.74, 6) is 0.719. The lowest BCUT2D eigenvalue weighted by Gasteiger charge is -2.34. The maximum atomic E-state index is 5.29. The Morgan fingerprint density at radius 3 is 2.07 bits per heavy atom. The predicted octanol–water partition coefficient (Wildman–Crippen LogP) is 2.14. The fourth-order valence-electron chi connectivity index (χ4n) is 2.10. The van der Waals surface area contributed by atoms with Gasteiger partial charge in [0, 0.05) is 20.1 Å². The van der Waals surface area contributed by atoms with E-state index in [2.05, 4.69) is 43.6 Å². The Balaban J connectivity index is 4.43. The third-order valence-corrected chi connectivity index (χ3v) is 3.45. The van der Waals surface area contributed by atoms with Gasteiger partial charge in [-0.1, -0.05) is 33.6 Å². The van der Waals surface area contributed by atoms with Crippen LogP contribution < -0.4 is 10.9 Å². The molecule has 0 saturated heterocycles. The number of hydrogen-bond acceptors (Lipinski definition) is 2. The van der Waals surface area contributed by atoms with Gasteiger partial charge in [0.2, 0.25) is 0 Å². The first-order chi connectivity index (χ1) is 7.12. The highest BCUT2D eigenvalue weighted by Crippen LogP contribution is 2.20. The van der Waals surface area contributed by atoms with Gasteiger partial charge >= 0.3 is 0 Å². The van der Waals surface area contributed by atoms with Crippen LogP contribution >= 0.6 is 12.2 Å². The zero-order chi connectivity index (χ0) is 11.8. The molecule has 0 unspecified atom stereocenters. The lowest BCUT2D eigenvalue weighted by molar-refractivity contribution is 0.234. The molecule has 0 amide bonds. The van der Waals surface area contributed by atoms with Gasteiger partial charge in [-0.3, -0.25) is 5.43 Å². The minimum Gasteiger partial charge on any atom is -0.348 e. The summed E-state index contributed by atoms with van der Waals surface area (Å²) in [7, 11) is 3.90. The van der Waals surface area contributed by atoms with Crippen LogP contribution in [-0.4, -0.2) is 30.1 Å². The van der Waals surface area contributed by atoms with Crippen LogP contribution in [0.5, 0.6) is 0 Å². The monoisotopic (exact) mass is 231 g/mol. The van der Waals surface area contributed by atoms with E-state index < -0.39 is 0 Å². The van der Waals surface area contributed by atoms with Crippen LogP contribution in [0.1, 0.15) is 40.0 Å². The van der Waals surface area contributed by atoms with E-state index in [-0.39, 0.29) is 0 Å². The summed E-state index contributed by atoms with van der Waals surface area (Å²) < 4.78 is 0. The standard InChI is InChI=1S/C11H25N3S/c1-6-9(7-2)10(8-3)14(5)11(15)13-12-4/h9-10,12H,6-8H2,1-5H3,(H,13,15)/t10-/m1/s1. The van der Waals surface area contributed by atoms with Crippen molar-refractivity contribution in [1.82, 2.24) is 15.8 Å². The van der Waals surface area contributed by atoms with Crippen molar-refractivity contribution in [3.8, 4) is 0 Å². The maximum Gasteiger partial charge on any atom is 0.183 e. The van der Waals surface area contributed by atoms with Gasteiger partial charge < -0.3 is 4.90 Å². The molecule has 15 heavy (non-hydrogen) atoms. The van der Waals surface area contributed by atoms with Crippen molar-refractivity contribution in [3.05, 3.63) is 0 Å². The minimum absolute atomic E-state index is 0.536. The Kier molecular flexibility index (Phi) is 7.70. The third kappa shape index (κ3) is 4.34. The Bertz CT molecular complexity index is 181. The first-order valence-electron chi connectivity index (χ1n) is 5.81. The highest BCUT2D eigenvalue weighted by Gasteiger charge is 2.22. The number of hydrogen-bond donors (Lipinski definition) is 2. The molecule has 0 rings (SSSR count). The summed E-state index contributed by atoms with van der Waals surface area (Å²) >= 11 is 5.29. The molecule has 0 saturated carbocycles. The van der Waals surface area contributed by atoms with E-state index in [1.807, 2.05) is 7.05 Å². The Labute approximate surface area is 99.6 Å². The summed E-state index contributed by atoms with van der Waals surface area (Å²) in [5.41, 5.74) is 5.84. The van der Waals surface area contributed by atoms with Crippen LogP contribution in [0.15, 0.2) is 0 Å². The van der Waals surface area contributed by atoms with Gasteiger partial charge in [0.15, 0.2) is 5.11 Å². The smallest absolute Gasteiger partial charge is 0.183 e. The van der Waals surface area contributed by atoms with Gasteiger partial charge in [-0.05, 0) is 24.6 Å². The maximum absolute atomic E-state index is 5.29. The highest BCUT2D eigenvalue weighted by molar-refractivity contribution is 7.80. The van der Waals surface area contributed by atoms with Crippen LogP contribution in [0.3, 0.4) is 0 Å². The second-order valence-electron chi connectivity index (χ2n) is 3.84. The van der Waals surface area contributed by atoms with E-state index >= 15 is 0 Å². The minimum atomic E-state index is 0.536. The molecule has 90 valence electrons. The van der Waals surface area contributed by atoms with Crippen molar-refractivity contribution in [2.24, 2.45) is 5.92 Å². The normalized spacial score (nSPS) is 12.7. The van der Waals surface area contributed by atoms with Crippen LogP contribution in [0.25, 0.3) is 0 Å². The molecule has 0 aliphatic rings. The van der Waals surface area contributed by atoms with E-state index in [9.17, 15) is 0 Å². The average molecular weight is 231 g/mol.